The Labute approximate surface area is 186 Å². The Kier molecular flexibility index (Phi) is 8.11. The van der Waals surface area contributed by atoms with E-state index in [0.717, 1.165) is 32.4 Å². The van der Waals surface area contributed by atoms with Gasteiger partial charge in [-0.05, 0) is 63.6 Å². The summed E-state index contributed by atoms with van der Waals surface area (Å²) in [6.07, 6.45) is 2.79. The molecular formula is C22H35BClN3O3. The highest BCUT2D eigenvalue weighted by Gasteiger charge is 2.37. The van der Waals surface area contributed by atoms with Crippen molar-refractivity contribution in [1.82, 2.24) is 10.2 Å². The number of amides is 1. The van der Waals surface area contributed by atoms with E-state index in [9.17, 15) is 9.90 Å². The molecule has 1 heterocycles. The van der Waals surface area contributed by atoms with Gasteiger partial charge in [0.15, 0.2) is 0 Å². The van der Waals surface area contributed by atoms with Gasteiger partial charge < -0.3 is 20.9 Å². The Morgan fingerprint density at radius 1 is 1.37 bits per heavy atom. The predicted molar refractivity (Wildman–Crippen MR) is 123 cm³/mol. The van der Waals surface area contributed by atoms with Gasteiger partial charge in [-0.25, -0.2) is 0 Å². The first kappa shape index (κ1) is 24.8. The van der Waals surface area contributed by atoms with Crippen molar-refractivity contribution < 1.29 is 14.6 Å². The number of hydrogen-bond donors (Lipinski definition) is 3. The van der Waals surface area contributed by atoms with E-state index in [2.05, 4.69) is 24.1 Å². The summed E-state index contributed by atoms with van der Waals surface area (Å²) in [6, 6.07) is 2.27. The van der Waals surface area contributed by atoms with Gasteiger partial charge in [-0.1, -0.05) is 25.4 Å². The highest BCUT2D eigenvalue weighted by molar-refractivity contribution is 6.33. The highest BCUT2D eigenvalue weighted by atomic mass is 35.5. The molecule has 4 N–H and O–H groups in total. The van der Waals surface area contributed by atoms with Crippen molar-refractivity contribution in [3.63, 3.8) is 0 Å². The van der Waals surface area contributed by atoms with E-state index in [0.29, 0.717) is 34.5 Å². The van der Waals surface area contributed by atoms with Gasteiger partial charge in [-0.2, -0.15) is 0 Å². The molecule has 166 valence electrons. The van der Waals surface area contributed by atoms with Crippen molar-refractivity contribution in [2.24, 2.45) is 11.3 Å². The molecule has 1 atom stereocenters. The number of carbonyl (C=O) groups is 1. The maximum absolute atomic E-state index is 12.6. The molecule has 1 amide bonds. The quantitative estimate of drug-likeness (QED) is 0.431. The average Bonchev–Trinajstić information content (AvgIpc) is 2.67. The number of likely N-dealkylation sites (tertiary alicyclic amines) is 1. The molecule has 1 aromatic rings. The first-order valence-corrected chi connectivity index (χ1v) is 10.8. The summed E-state index contributed by atoms with van der Waals surface area (Å²) in [6.45, 7) is 10.9. The molecule has 1 aliphatic heterocycles. The third-order valence-corrected chi connectivity index (χ3v) is 6.60. The number of hydrogen-bond acceptors (Lipinski definition) is 5. The lowest BCUT2D eigenvalue weighted by atomic mass is 9.68. The van der Waals surface area contributed by atoms with Crippen molar-refractivity contribution in [1.29, 1.82) is 0 Å². The first-order valence-electron chi connectivity index (χ1n) is 10.5. The number of aliphatic hydroxyl groups is 1. The maximum Gasteiger partial charge on any atom is 0.255 e. The molecule has 1 fully saturated rings. The van der Waals surface area contributed by atoms with E-state index in [1.54, 1.807) is 12.1 Å². The van der Waals surface area contributed by atoms with Crippen LogP contribution in [0.2, 0.25) is 5.02 Å². The number of benzene rings is 1. The van der Waals surface area contributed by atoms with E-state index in [-0.39, 0.29) is 16.9 Å². The number of piperidine rings is 1. The summed E-state index contributed by atoms with van der Waals surface area (Å²) in [7, 11) is 7.26. The van der Waals surface area contributed by atoms with Gasteiger partial charge in [0.25, 0.3) is 5.91 Å². The fourth-order valence-corrected chi connectivity index (χ4v) is 4.49. The molecule has 30 heavy (non-hydrogen) atoms. The standard InChI is InChI=1S/C22H35BClN3O3/c1-21(2,20(23)29)13-22(3,4)27-8-6-14(7-9-27)12-26-19(28)15-10-16(24)17(25)11-18(15)30-5/h10-11,14,20,29H,6-9,12-13,25H2,1-5H3,(H,26,28). The molecule has 0 aliphatic carbocycles. The summed E-state index contributed by atoms with van der Waals surface area (Å²) in [4.78, 5) is 15.1. The van der Waals surface area contributed by atoms with Crippen LogP contribution in [-0.2, 0) is 0 Å². The van der Waals surface area contributed by atoms with Crippen LogP contribution in [0.3, 0.4) is 0 Å². The SMILES string of the molecule is [B]C(O)C(C)(C)CC(C)(C)N1CCC(CNC(=O)c2cc(Cl)c(N)cc2OC)CC1. The lowest BCUT2D eigenvalue weighted by Crippen LogP contribution is -2.52. The second-order valence-corrected chi connectivity index (χ2v) is 10.0. The lowest BCUT2D eigenvalue weighted by Gasteiger charge is -2.47. The average molecular weight is 436 g/mol. The summed E-state index contributed by atoms with van der Waals surface area (Å²) in [5.74, 6) is 0.607. The van der Waals surface area contributed by atoms with Gasteiger partial charge in [0.2, 0.25) is 0 Å². The molecule has 1 aromatic carbocycles. The zero-order chi connectivity index (χ0) is 22.7. The van der Waals surface area contributed by atoms with Crippen molar-refractivity contribution in [3.8, 4) is 5.75 Å². The van der Waals surface area contributed by atoms with Gasteiger partial charge in [0.05, 0.1) is 23.4 Å². The Morgan fingerprint density at radius 2 is 1.97 bits per heavy atom. The monoisotopic (exact) mass is 435 g/mol. The number of rotatable bonds is 8. The fourth-order valence-electron chi connectivity index (χ4n) is 4.32. The van der Waals surface area contributed by atoms with Crippen molar-refractivity contribution in [3.05, 3.63) is 22.7 Å². The van der Waals surface area contributed by atoms with Gasteiger partial charge in [0.1, 0.15) is 13.6 Å². The third-order valence-electron chi connectivity index (χ3n) is 6.27. The number of ether oxygens (including phenoxy) is 1. The lowest BCUT2D eigenvalue weighted by molar-refractivity contribution is 0.0122. The molecule has 0 aromatic heterocycles. The molecule has 1 unspecified atom stereocenters. The number of carbonyl (C=O) groups excluding carboxylic acids is 1. The number of anilines is 1. The van der Waals surface area contributed by atoms with Crippen LogP contribution in [0.1, 0.15) is 57.3 Å². The highest BCUT2D eigenvalue weighted by Crippen LogP contribution is 2.36. The minimum atomic E-state index is -0.844. The van der Waals surface area contributed by atoms with E-state index < -0.39 is 6.00 Å². The van der Waals surface area contributed by atoms with Gasteiger partial charge in [-0.3, -0.25) is 9.69 Å². The minimum Gasteiger partial charge on any atom is -0.496 e. The molecule has 8 heteroatoms. The smallest absolute Gasteiger partial charge is 0.255 e. The molecule has 2 radical (unpaired) electrons. The van der Waals surface area contributed by atoms with Crippen molar-refractivity contribution >= 4 is 31.0 Å². The maximum atomic E-state index is 12.6. The molecule has 0 saturated carbocycles. The number of methoxy groups -OCH3 is 1. The van der Waals surface area contributed by atoms with Crippen LogP contribution >= 0.6 is 11.6 Å². The Bertz CT molecular complexity index is 747. The third kappa shape index (κ3) is 6.05. The van der Waals surface area contributed by atoms with Crippen LogP contribution in [0.5, 0.6) is 5.75 Å². The molecule has 0 spiro atoms. The van der Waals surface area contributed by atoms with Crippen LogP contribution in [0, 0.1) is 11.3 Å². The van der Waals surface area contributed by atoms with Crippen molar-refractivity contribution in [2.45, 2.75) is 58.5 Å². The molecule has 6 nitrogen and oxygen atoms in total. The van der Waals surface area contributed by atoms with Gasteiger partial charge in [-0.15, -0.1) is 0 Å². The first-order chi connectivity index (χ1) is 13.9. The minimum absolute atomic E-state index is 0.0633. The van der Waals surface area contributed by atoms with Gasteiger partial charge >= 0.3 is 0 Å². The molecular weight excluding hydrogens is 401 g/mol. The Hall–Kier alpha value is -1.44. The van der Waals surface area contributed by atoms with Crippen LogP contribution in [0.4, 0.5) is 5.69 Å². The largest absolute Gasteiger partial charge is 0.496 e. The van der Waals surface area contributed by atoms with E-state index in [4.69, 9.17) is 29.9 Å². The van der Waals surface area contributed by atoms with Crippen LogP contribution in [0.25, 0.3) is 0 Å². The number of nitrogens with zero attached hydrogens (tertiary/aromatic N) is 1. The molecule has 1 saturated heterocycles. The fraction of sp³-hybridized carbons (Fsp3) is 0.682. The number of aliphatic hydroxyl groups excluding tert-OH is 1. The number of nitrogens with two attached hydrogens (primary N) is 1. The number of nitrogen functional groups attached to an aromatic ring is 1. The summed E-state index contributed by atoms with van der Waals surface area (Å²) in [5.41, 5.74) is 6.14. The zero-order valence-corrected chi connectivity index (χ0v) is 19.6. The number of nitrogens with one attached hydrogen (secondary N) is 1. The summed E-state index contributed by atoms with van der Waals surface area (Å²) in [5, 5.41) is 13.2. The second-order valence-electron chi connectivity index (χ2n) is 9.64. The number of halogens is 1. The molecule has 2 rings (SSSR count). The van der Waals surface area contributed by atoms with E-state index in [1.807, 2.05) is 13.8 Å². The predicted octanol–water partition coefficient (Wildman–Crippen LogP) is 3.05. The Morgan fingerprint density at radius 3 is 2.50 bits per heavy atom. The Balaban J connectivity index is 1.90. The van der Waals surface area contributed by atoms with Crippen LogP contribution < -0.4 is 15.8 Å². The normalized spacial score (nSPS) is 17.6. The summed E-state index contributed by atoms with van der Waals surface area (Å²) < 4.78 is 5.27. The second kappa shape index (κ2) is 9.79. The van der Waals surface area contributed by atoms with Gasteiger partial charge in [0, 0.05) is 24.2 Å². The van der Waals surface area contributed by atoms with E-state index >= 15 is 0 Å². The molecule has 1 aliphatic rings. The summed E-state index contributed by atoms with van der Waals surface area (Å²) >= 11 is 6.07. The van der Waals surface area contributed by atoms with Crippen LogP contribution in [-0.4, -0.2) is 62.0 Å². The van der Waals surface area contributed by atoms with E-state index in [1.165, 1.54) is 7.11 Å². The molecule has 0 bridgehead atoms. The van der Waals surface area contributed by atoms with Crippen molar-refractivity contribution in [2.75, 3.05) is 32.5 Å². The van der Waals surface area contributed by atoms with Crippen LogP contribution in [0.15, 0.2) is 12.1 Å². The topological polar surface area (TPSA) is 87.8 Å². The zero-order valence-electron chi connectivity index (χ0n) is 18.8.